The van der Waals surface area contributed by atoms with Gasteiger partial charge >= 0.3 is 5.97 Å². The van der Waals surface area contributed by atoms with Gasteiger partial charge in [0.2, 0.25) is 5.95 Å². The maximum Gasteiger partial charge on any atom is 0.339 e. The van der Waals surface area contributed by atoms with Gasteiger partial charge in [0.1, 0.15) is 0 Å². The highest BCUT2D eigenvalue weighted by atomic mass is 19.1. The Hall–Kier alpha value is -2.30. The fraction of sp³-hybridized carbons (Fsp3) is 0.154. The zero-order valence-corrected chi connectivity index (χ0v) is 9.76. The first-order valence-electron chi connectivity index (χ1n) is 5.45. The average molecular weight is 246 g/mol. The lowest BCUT2D eigenvalue weighted by molar-refractivity contribution is 0.0526. The molecule has 0 amide bonds. The van der Waals surface area contributed by atoms with Gasteiger partial charge in [-0.1, -0.05) is 0 Å². The number of esters is 1. The summed E-state index contributed by atoms with van der Waals surface area (Å²) in [5.74, 6) is -0.977. The molecule has 4 nitrogen and oxygen atoms in total. The highest BCUT2D eigenvalue weighted by molar-refractivity contribution is 5.90. The monoisotopic (exact) mass is 246 g/mol. The van der Waals surface area contributed by atoms with Crippen molar-refractivity contribution < 1.29 is 13.9 Å². The molecule has 0 spiro atoms. The lowest BCUT2D eigenvalue weighted by Gasteiger charge is -2.04. The van der Waals surface area contributed by atoms with E-state index in [0.717, 1.165) is 0 Å². The largest absolute Gasteiger partial charge is 0.462 e. The molecule has 0 aliphatic rings. The molecule has 0 radical (unpaired) electrons. The summed E-state index contributed by atoms with van der Waals surface area (Å²) in [6, 6.07) is 4.47. The van der Waals surface area contributed by atoms with Crippen molar-refractivity contribution in [3.8, 4) is 11.1 Å². The molecule has 92 valence electrons. The fourth-order valence-electron chi connectivity index (χ4n) is 1.47. The Morgan fingerprint density at radius 1 is 1.28 bits per heavy atom. The number of aromatic nitrogens is 2. The van der Waals surface area contributed by atoms with Crippen LogP contribution in [0.5, 0.6) is 0 Å². The van der Waals surface area contributed by atoms with Crippen molar-refractivity contribution in [3.63, 3.8) is 0 Å². The molecule has 5 heteroatoms. The van der Waals surface area contributed by atoms with Gasteiger partial charge < -0.3 is 4.74 Å². The Morgan fingerprint density at radius 3 is 2.78 bits per heavy atom. The van der Waals surface area contributed by atoms with E-state index in [0.29, 0.717) is 23.3 Å². The van der Waals surface area contributed by atoms with Gasteiger partial charge in [-0.05, 0) is 25.1 Å². The molecule has 2 heterocycles. The van der Waals surface area contributed by atoms with E-state index in [1.54, 1.807) is 25.3 Å². The normalized spacial score (nSPS) is 10.1. The summed E-state index contributed by atoms with van der Waals surface area (Å²) in [7, 11) is 0. The second kappa shape index (κ2) is 5.35. The SMILES string of the molecule is CCOC(=O)c1cncc(-c2ccc(F)nc2)c1. The lowest BCUT2D eigenvalue weighted by atomic mass is 10.1. The van der Waals surface area contributed by atoms with Gasteiger partial charge in [-0.15, -0.1) is 0 Å². The molecular weight excluding hydrogens is 235 g/mol. The number of carbonyl (C=O) groups excluding carboxylic acids is 1. The Labute approximate surface area is 103 Å². The third-order valence-corrected chi connectivity index (χ3v) is 2.31. The molecule has 2 rings (SSSR count). The Kier molecular flexibility index (Phi) is 3.62. The third kappa shape index (κ3) is 2.68. The van der Waals surface area contributed by atoms with Crippen molar-refractivity contribution in [2.75, 3.05) is 6.61 Å². The number of hydrogen-bond donors (Lipinski definition) is 0. The molecule has 18 heavy (non-hydrogen) atoms. The minimum absolute atomic E-state index is 0.307. The Bertz CT molecular complexity index is 555. The highest BCUT2D eigenvalue weighted by Crippen LogP contribution is 2.18. The summed E-state index contributed by atoms with van der Waals surface area (Å²) in [5, 5.41) is 0. The van der Waals surface area contributed by atoms with E-state index in [4.69, 9.17) is 4.74 Å². The van der Waals surface area contributed by atoms with Gasteiger partial charge in [-0.3, -0.25) is 4.98 Å². The van der Waals surface area contributed by atoms with Crippen LogP contribution in [-0.4, -0.2) is 22.5 Å². The molecule has 0 bridgehead atoms. The van der Waals surface area contributed by atoms with Crippen LogP contribution < -0.4 is 0 Å². The second-order valence-corrected chi connectivity index (χ2v) is 3.55. The van der Waals surface area contributed by atoms with Crippen molar-refractivity contribution in [2.45, 2.75) is 6.92 Å². The van der Waals surface area contributed by atoms with Gasteiger partial charge in [0.05, 0.1) is 12.2 Å². The van der Waals surface area contributed by atoms with Crippen molar-refractivity contribution in [1.82, 2.24) is 9.97 Å². The van der Waals surface area contributed by atoms with Crippen LogP contribution in [0.4, 0.5) is 4.39 Å². The van der Waals surface area contributed by atoms with Crippen LogP contribution in [0.1, 0.15) is 17.3 Å². The third-order valence-electron chi connectivity index (χ3n) is 2.31. The van der Waals surface area contributed by atoms with E-state index in [1.807, 2.05) is 0 Å². The van der Waals surface area contributed by atoms with E-state index in [2.05, 4.69) is 9.97 Å². The lowest BCUT2D eigenvalue weighted by Crippen LogP contribution is -2.05. The number of halogens is 1. The van der Waals surface area contributed by atoms with Crippen LogP contribution in [0.2, 0.25) is 0 Å². The molecular formula is C13H11FN2O2. The van der Waals surface area contributed by atoms with Crippen LogP contribution >= 0.6 is 0 Å². The molecule has 0 aromatic carbocycles. The fourth-order valence-corrected chi connectivity index (χ4v) is 1.47. The number of carbonyl (C=O) groups is 1. The van der Waals surface area contributed by atoms with E-state index >= 15 is 0 Å². The minimum Gasteiger partial charge on any atom is -0.462 e. The number of hydrogen-bond acceptors (Lipinski definition) is 4. The Balaban J connectivity index is 2.32. The van der Waals surface area contributed by atoms with Crippen LogP contribution in [-0.2, 0) is 4.74 Å². The quantitative estimate of drug-likeness (QED) is 0.616. The molecule has 2 aromatic rings. The molecule has 0 N–H and O–H groups in total. The van der Waals surface area contributed by atoms with E-state index < -0.39 is 11.9 Å². The second-order valence-electron chi connectivity index (χ2n) is 3.55. The van der Waals surface area contributed by atoms with Crippen molar-refractivity contribution in [3.05, 3.63) is 48.3 Å². The summed E-state index contributed by atoms with van der Waals surface area (Å²) in [6.07, 6.45) is 4.40. The number of ether oxygens (including phenoxy) is 1. The summed E-state index contributed by atoms with van der Waals surface area (Å²) in [4.78, 5) is 19.1. The number of pyridine rings is 2. The molecule has 0 atom stereocenters. The highest BCUT2D eigenvalue weighted by Gasteiger charge is 2.08. The summed E-state index contributed by atoms with van der Waals surface area (Å²) in [5.41, 5.74) is 1.74. The molecule has 0 saturated heterocycles. The maximum atomic E-state index is 12.7. The molecule has 0 fully saturated rings. The van der Waals surface area contributed by atoms with Crippen LogP contribution in [0, 0.1) is 5.95 Å². The summed E-state index contributed by atoms with van der Waals surface area (Å²) in [6.45, 7) is 2.04. The van der Waals surface area contributed by atoms with Gasteiger partial charge in [-0.25, -0.2) is 9.78 Å². The van der Waals surface area contributed by atoms with Crippen LogP contribution in [0.25, 0.3) is 11.1 Å². The molecule has 0 aliphatic carbocycles. The molecule has 0 saturated carbocycles. The number of nitrogens with zero attached hydrogens (tertiary/aromatic N) is 2. The van der Waals surface area contributed by atoms with Crippen LogP contribution in [0.3, 0.4) is 0 Å². The Morgan fingerprint density at radius 2 is 2.11 bits per heavy atom. The maximum absolute atomic E-state index is 12.7. The molecule has 2 aromatic heterocycles. The topological polar surface area (TPSA) is 52.1 Å². The minimum atomic E-state index is -0.548. The van der Waals surface area contributed by atoms with E-state index in [9.17, 15) is 9.18 Å². The standard InChI is InChI=1S/C13H11FN2O2/c1-2-18-13(17)11-5-10(6-15-7-11)9-3-4-12(14)16-8-9/h3-8H,2H2,1H3. The first-order chi connectivity index (χ1) is 8.70. The van der Waals surface area contributed by atoms with Gasteiger partial charge in [0.25, 0.3) is 0 Å². The molecule has 0 aliphatic heterocycles. The molecule has 0 unspecified atom stereocenters. The first kappa shape index (κ1) is 12.2. The predicted octanol–water partition coefficient (Wildman–Crippen LogP) is 2.46. The summed E-state index contributed by atoms with van der Waals surface area (Å²) >= 11 is 0. The van der Waals surface area contributed by atoms with Crippen molar-refractivity contribution >= 4 is 5.97 Å². The zero-order chi connectivity index (χ0) is 13.0. The van der Waals surface area contributed by atoms with E-state index in [-0.39, 0.29) is 0 Å². The van der Waals surface area contributed by atoms with Crippen LogP contribution in [0.15, 0.2) is 36.8 Å². The van der Waals surface area contributed by atoms with E-state index in [1.165, 1.54) is 18.5 Å². The summed E-state index contributed by atoms with van der Waals surface area (Å²) < 4.78 is 17.6. The van der Waals surface area contributed by atoms with Crippen molar-refractivity contribution in [1.29, 1.82) is 0 Å². The zero-order valence-electron chi connectivity index (χ0n) is 9.76. The average Bonchev–Trinajstić information content (AvgIpc) is 2.40. The number of rotatable bonds is 3. The van der Waals surface area contributed by atoms with Gasteiger partial charge in [0.15, 0.2) is 0 Å². The first-order valence-corrected chi connectivity index (χ1v) is 5.45. The van der Waals surface area contributed by atoms with Gasteiger partial charge in [-0.2, -0.15) is 4.39 Å². The predicted molar refractivity (Wildman–Crippen MR) is 63.4 cm³/mol. The van der Waals surface area contributed by atoms with Crippen molar-refractivity contribution in [2.24, 2.45) is 0 Å². The van der Waals surface area contributed by atoms with Gasteiger partial charge in [0, 0.05) is 29.7 Å². The smallest absolute Gasteiger partial charge is 0.339 e.